The highest BCUT2D eigenvalue weighted by Crippen LogP contribution is 2.33. The fraction of sp³-hybridized carbons (Fsp3) is 0.125. The van der Waals surface area contributed by atoms with E-state index in [1.54, 1.807) is 25.1 Å². The van der Waals surface area contributed by atoms with Crippen molar-refractivity contribution >= 4 is 28.5 Å². The van der Waals surface area contributed by atoms with E-state index in [2.05, 4.69) is 5.16 Å². The van der Waals surface area contributed by atoms with Crippen LogP contribution < -0.4 is 0 Å². The number of rotatable bonds is 3. The van der Waals surface area contributed by atoms with Crippen molar-refractivity contribution in [3.05, 3.63) is 53.1 Å². The third-order valence-electron chi connectivity index (χ3n) is 3.48. The molecule has 2 aromatic carbocycles. The van der Waals surface area contributed by atoms with Crippen LogP contribution in [0.3, 0.4) is 0 Å². The predicted molar refractivity (Wildman–Crippen MR) is 80.5 cm³/mol. The number of benzene rings is 2. The van der Waals surface area contributed by atoms with E-state index in [9.17, 15) is 9.90 Å². The average Bonchev–Trinajstić information content (AvgIpc) is 2.91. The number of para-hydroxylation sites is 1. The fourth-order valence-corrected chi connectivity index (χ4v) is 2.40. The molecule has 3 rings (SSSR count). The number of aliphatic carboxylic acids is 1. The summed E-state index contributed by atoms with van der Waals surface area (Å²) in [5.74, 6) is -1.55. The van der Waals surface area contributed by atoms with Gasteiger partial charge < -0.3 is 9.63 Å². The third-order valence-corrected chi connectivity index (χ3v) is 3.74. The second-order valence-corrected chi connectivity index (χ2v) is 5.26. The summed E-state index contributed by atoms with van der Waals surface area (Å²) in [7, 11) is 0. The molecule has 0 bridgehead atoms. The average molecular weight is 302 g/mol. The maximum atomic E-state index is 11.2. The Labute approximate surface area is 125 Å². The Bertz CT molecular complexity index is 808. The van der Waals surface area contributed by atoms with Gasteiger partial charge in [0, 0.05) is 16.1 Å². The molecule has 0 saturated heterocycles. The summed E-state index contributed by atoms with van der Waals surface area (Å²) in [5.41, 5.74) is 2.68. The predicted octanol–water partition coefficient (Wildman–Crippen LogP) is 4.34. The van der Waals surface area contributed by atoms with E-state index in [0.29, 0.717) is 21.9 Å². The van der Waals surface area contributed by atoms with E-state index >= 15 is 0 Å². The normalized spacial score (nSPS) is 12.5. The summed E-state index contributed by atoms with van der Waals surface area (Å²) in [6, 6.07) is 12.7. The molecule has 0 aliphatic carbocycles. The molecule has 4 nitrogen and oxygen atoms in total. The van der Waals surface area contributed by atoms with Crippen LogP contribution in [0.1, 0.15) is 18.4 Å². The molecule has 0 unspecified atom stereocenters. The zero-order chi connectivity index (χ0) is 15.0. The van der Waals surface area contributed by atoms with Crippen molar-refractivity contribution in [2.75, 3.05) is 0 Å². The minimum absolute atomic E-state index is 0.511. The Morgan fingerprint density at radius 1 is 1.24 bits per heavy atom. The summed E-state index contributed by atoms with van der Waals surface area (Å²) in [4.78, 5) is 11.2. The van der Waals surface area contributed by atoms with Gasteiger partial charge in [0.1, 0.15) is 5.69 Å². The molecule has 0 aliphatic heterocycles. The summed E-state index contributed by atoms with van der Waals surface area (Å²) in [6.07, 6.45) is 0. The molecule has 0 aliphatic rings. The lowest BCUT2D eigenvalue weighted by Crippen LogP contribution is -2.07. The number of carboxylic acid groups (broad SMARTS) is 1. The Kier molecular flexibility index (Phi) is 3.39. The summed E-state index contributed by atoms with van der Waals surface area (Å²) in [5, 5.41) is 14.7. The molecule has 1 aromatic heterocycles. The van der Waals surface area contributed by atoms with Crippen LogP contribution in [-0.4, -0.2) is 16.2 Å². The van der Waals surface area contributed by atoms with E-state index in [1.165, 1.54) is 0 Å². The zero-order valence-electron chi connectivity index (χ0n) is 11.2. The van der Waals surface area contributed by atoms with Gasteiger partial charge in [0.05, 0.1) is 11.3 Å². The number of nitrogens with zero attached hydrogens (tertiary/aromatic N) is 1. The molecular weight excluding hydrogens is 290 g/mol. The van der Waals surface area contributed by atoms with Crippen LogP contribution in [0.25, 0.3) is 22.2 Å². The van der Waals surface area contributed by atoms with Crippen molar-refractivity contribution in [2.45, 2.75) is 12.8 Å². The van der Waals surface area contributed by atoms with Crippen molar-refractivity contribution in [2.24, 2.45) is 0 Å². The number of aromatic nitrogens is 1. The first-order valence-electron chi connectivity index (χ1n) is 6.45. The monoisotopic (exact) mass is 301 g/mol. The van der Waals surface area contributed by atoms with Gasteiger partial charge in [0.2, 0.25) is 0 Å². The molecule has 1 N–H and O–H groups in total. The largest absolute Gasteiger partial charge is 0.481 e. The minimum Gasteiger partial charge on any atom is -0.481 e. The lowest BCUT2D eigenvalue weighted by molar-refractivity contribution is -0.138. The molecule has 0 amide bonds. The van der Waals surface area contributed by atoms with E-state index in [1.807, 2.05) is 24.3 Å². The van der Waals surface area contributed by atoms with Crippen molar-refractivity contribution < 1.29 is 14.4 Å². The summed E-state index contributed by atoms with van der Waals surface area (Å²) >= 11 is 5.88. The number of hydrogen-bond donors (Lipinski definition) is 1. The van der Waals surface area contributed by atoms with Gasteiger partial charge in [0.15, 0.2) is 5.58 Å². The van der Waals surface area contributed by atoms with Crippen molar-refractivity contribution in [1.29, 1.82) is 0 Å². The van der Waals surface area contributed by atoms with Crippen LogP contribution >= 0.6 is 11.6 Å². The Morgan fingerprint density at radius 3 is 2.62 bits per heavy atom. The molecule has 1 atom stereocenters. The van der Waals surface area contributed by atoms with Gasteiger partial charge in [-0.1, -0.05) is 41.0 Å². The van der Waals surface area contributed by atoms with Gasteiger partial charge in [-0.2, -0.15) is 0 Å². The van der Waals surface area contributed by atoms with Crippen LogP contribution in [0.15, 0.2) is 47.0 Å². The van der Waals surface area contributed by atoms with Crippen molar-refractivity contribution in [3.63, 3.8) is 0 Å². The summed E-state index contributed by atoms with van der Waals surface area (Å²) in [6.45, 7) is 1.63. The van der Waals surface area contributed by atoms with E-state index in [0.717, 1.165) is 10.9 Å². The van der Waals surface area contributed by atoms with Gasteiger partial charge in [-0.15, -0.1) is 0 Å². The first-order chi connectivity index (χ1) is 10.1. The van der Waals surface area contributed by atoms with Crippen LogP contribution in [0.4, 0.5) is 0 Å². The Balaban J connectivity index is 2.17. The van der Waals surface area contributed by atoms with Crippen LogP contribution in [0.5, 0.6) is 0 Å². The van der Waals surface area contributed by atoms with Gasteiger partial charge in [0.25, 0.3) is 0 Å². The molecular formula is C16H12ClNO3. The highest BCUT2D eigenvalue weighted by molar-refractivity contribution is 6.30. The Hall–Kier alpha value is -2.33. The standard InChI is InChI=1S/C16H12ClNO3/c1-9(16(19)20)12-3-2-4-13-14(18-21-15(12)13)10-5-7-11(17)8-6-10/h2-9H,1H3,(H,19,20)/t9-/m1/s1. The molecule has 5 heteroatoms. The molecule has 0 fully saturated rings. The third kappa shape index (κ3) is 2.38. The molecule has 106 valence electrons. The molecule has 0 saturated carbocycles. The van der Waals surface area contributed by atoms with Crippen LogP contribution in [-0.2, 0) is 4.79 Å². The van der Waals surface area contributed by atoms with Crippen LogP contribution in [0.2, 0.25) is 5.02 Å². The van der Waals surface area contributed by atoms with E-state index in [-0.39, 0.29) is 0 Å². The number of fused-ring (bicyclic) bond motifs is 1. The zero-order valence-corrected chi connectivity index (χ0v) is 12.0. The van der Waals surface area contributed by atoms with Crippen molar-refractivity contribution in [3.8, 4) is 11.3 Å². The fourth-order valence-electron chi connectivity index (χ4n) is 2.27. The number of carboxylic acids is 1. The topological polar surface area (TPSA) is 63.3 Å². The first kappa shape index (κ1) is 13.6. The lowest BCUT2D eigenvalue weighted by Gasteiger charge is -2.06. The maximum absolute atomic E-state index is 11.2. The van der Waals surface area contributed by atoms with E-state index < -0.39 is 11.9 Å². The number of carbonyl (C=O) groups is 1. The van der Waals surface area contributed by atoms with Crippen molar-refractivity contribution in [1.82, 2.24) is 5.16 Å². The molecule has 21 heavy (non-hydrogen) atoms. The quantitative estimate of drug-likeness (QED) is 0.781. The highest BCUT2D eigenvalue weighted by atomic mass is 35.5. The highest BCUT2D eigenvalue weighted by Gasteiger charge is 2.21. The van der Waals surface area contributed by atoms with Gasteiger partial charge in [-0.25, -0.2) is 0 Å². The number of hydrogen-bond acceptors (Lipinski definition) is 3. The molecule has 3 aromatic rings. The smallest absolute Gasteiger partial charge is 0.310 e. The maximum Gasteiger partial charge on any atom is 0.310 e. The molecule has 0 radical (unpaired) electrons. The van der Waals surface area contributed by atoms with Gasteiger partial charge in [-0.3, -0.25) is 4.79 Å². The van der Waals surface area contributed by atoms with Gasteiger partial charge in [-0.05, 0) is 25.1 Å². The Morgan fingerprint density at radius 2 is 1.95 bits per heavy atom. The summed E-state index contributed by atoms with van der Waals surface area (Å²) < 4.78 is 5.39. The SMILES string of the molecule is C[C@@H](C(=O)O)c1cccc2c(-c3ccc(Cl)cc3)noc12. The van der Waals surface area contributed by atoms with Gasteiger partial charge >= 0.3 is 5.97 Å². The lowest BCUT2D eigenvalue weighted by atomic mass is 9.98. The first-order valence-corrected chi connectivity index (χ1v) is 6.83. The molecule has 0 spiro atoms. The second-order valence-electron chi connectivity index (χ2n) is 4.82. The minimum atomic E-state index is -0.896. The molecule has 1 heterocycles. The number of halogens is 1. The van der Waals surface area contributed by atoms with Crippen LogP contribution in [0, 0.1) is 0 Å². The van der Waals surface area contributed by atoms with E-state index in [4.69, 9.17) is 16.1 Å². The second kappa shape index (κ2) is 5.22.